The topological polar surface area (TPSA) is 9.23 Å². The second-order valence-corrected chi connectivity index (χ2v) is 3.42. The summed E-state index contributed by atoms with van der Waals surface area (Å²) in [7, 11) is 0. The van der Waals surface area contributed by atoms with Gasteiger partial charge in [0.05, 0.1) is 6.61 Å². The summed E-state index contributed by atoms with van der Waals surface area (Å²) in [6.45, 7) is 3.17. The molecule has 0 saturated carbocycles. The summed E-state index contributed by atoms with van der Waals surface area (Å²) in [6.07, 6.45) is -6.79. The number of hydrogen-bond acceptors (Lipinski definition) is 1. The van der Waals surface area contributed by atoms with Crippen molar-refractivity contribution in [2.24, 2.45) is 5.92 Å². The number of halogens is 5. The van der Waals surface area contributed by atoms with E-state index in [1.807, 2.05) is 0 Å². The van der Waals surface area contributed by atoms with Crippen LogP contribution in [0.4, 0.5) is 22.0 Å². The second kappa shape index (κ2) is 4.91. The molecule has 0 aliphatic rings. The molecule has 0 aromatic carbocycles. The van der Waals surface area contributed by atoms with Gasteiger partial charge in [0.1, 0.15) is 0 Å². The normalized spacial score (nSPS) is 13.7. The molecule has 0 saturated heterocycles. The molecule has 0 rings (SSSR count). The fourth-order valence-electron chi connectivity index (χ4n) is 0.661. The van der Waals surface area contributed by atoms with Gasteiger partial charge in [0.2, 0.25) is 0 Å². The maximum atomic E-state index is 12.3. The molecule has 0 aliphatic heterocycles. The Morgan fingerprint density at radius 1 is 1.07 bits per heavy atom. The van der Waals surface area contributed by atoms with E-state index in [0.29, 0.717) is 0 Å². The van der Waals surface area contributed by atoms with Crippen molar-refractivity contribution in [1.82, 2.24) is 0 Å². The van der Waals surface area contributed by atoms with Gasteiger partial charge in [-0.1, -0.05) is 13.8 Å². The summed E-state index contributed by atoms with van der Waals surface area (Å²) in [5.41, 5.74) is 0. The SMILES string of the molecule is CC(C)COCCC(F)(F)C(F)(F)F. The highest BCUT2D eigenvalue weighted by atomic mass is 19.4. The third kappa shape index (κ3) is 4.74. The van der Waals surface area contributed by atoms with Gasteiger partial charge in [-0.25, -0.2) is 0 Å². The standard InChI is InChI=1S/C8H13F5O/c1-6(2)5-14-4-3-7(9,10)8(11,12)13/h6H,3-5H2,1-2H3. The average molecular weight is 220 g/mol. The van der Waals surface area contributed by atoms with Crippen LogP contribution in [0.3, 0.4) is 0 Å². The third-order valence-electron chi connectivity index (χ3n) is 1.43. The predicted octanol–water partition coefficient (Wildman–Crippen LogP) is 3.25. The van der Waals surface area contributed by atoms with Gasteiger partial charge in [-0.05, 0) is 5.92 Å². The fraction of sp³-hybridized carbons (Fsp3) is 1.00. The molecule has 0 N–H and O–H groups in total. The molecule has 0 radical (unpaired) electrons. The van der Waals surface area contributed by atoms with E-state index in [0.717, 1.165) is 0 Å². The van der Waals surface area contributed by atoms with Crippen molar-refractivity contribution in [3.63, 3.8) is 0 Å². The molecule has 0 fully saturated rings. The maximum absolute atomic E-state index is 12.3. The Balaban J connectivity index is 3.78. The smallest absolute Gasteiger partial charge is 0.381 e. The largest absolute Gasteiger partial charge is 0.453 e. The van der Waals surface area contributed by atoms with Gasteiger partial charge in [0, 0.05) is 13.0 Å². The van der Waals surface area contributed by atoms with Crippen LogP contribution in [0.15, 0.2) is 0 Å². The minimum atomic E-state index is -5.48. The minimum absolute atomic E-state index is 0.120. The van der Waals surface area contributed by atoms with E-state index < -0.39 is 25.1 Å². The summed E-state index contributed by atoms with van der Waals surface area (Å²) in [6, 6.07) is 0. The molecule has 0 unspecified atom stereocenters. The van der Waals surface area contributed by atoms with Gasteiger partial charge < -0.3 is 4.74 Å². The van der Waals surface area contributed by atoms with Crippen LogP contribution in [0.5, 0.6) is 0 Å². The fourth-order valence-corrected chi connectivity index (χ4v) is 0.661. The lowest BCUT2D eigenvalue weighted by molar-refractivity contribution is -0.287. The van der Waals surface area contributed by atoms with Gasteiger partial charge in [0.15, 0.2) is 0 Å². The summed E-state index contributed by atoms with van der Waals surface area (Å²) in [5.74, 6) is -4.53. The van der Waals surface area contributed by atoms with Crippen molar-refractivity contribution < 1.29 is 26.7 Å². The molecule has 0 heterocycles. The molecule has 0 spiro atoms. The van der Waals surface area contributed by atoms with Gasteiger partial charge in [-0.2, -0.15) is 22.0 Å². The summed E-state index contributed by atoms with van der Waals surface area (Å²) in [5, 5.41) is 0. The van der Waals surface area contributed by atoms with Gasteiger partial charge in [0.25, 0.3) is 0 Å². The van der Waals surface area contributed by atoms with Crippen LogP contribution in [0.1, 0.15) is 20.3 Å². The number of hydrogen-bond donors (Lipinski definition) is 0. The van der Waals surface area contributed by atoms with Crippen LogP contribution in [-0.4, -0.2) is 25.3 Å². The first-order chi connectivity index (χ1) is 6.17. The second-order valence-electron chi connectivity index (χ2n) is 3.42. The molecular weight excluding hydrogens is 207 g/mol. The van der Waals surface area contributed by atoms with Crippen LogP contribution < -0.4 is 0 Å². The predicted molar refractivity (Wildman–Crippen MR) is 41.3 cm³/mol. The van der Waals surface area contributed by atoms with Crippen molar-refractivity contribution in [3.05, 3.63) is 0 Å². The van der Waals surface area contributed by atoms with E-state index in [1.54, 1.807) is 13.8 Å². The first kappa shape index (κ1) is 13.6. The van der Waals surface area contributed by atoms with E-state index >= 15 is 0 Å². The van der Waals surface area contributed by atoms with E-state index in [2.05, 4.69) is 4.74 Å². The molecule has 1 nitrogen and oxygen atoms in total. The quantitative estimate of drug-likeness (QED) is 0.510. The molecule has 14 heavy (non-hydrogen) atoms. The van der Waals surface area contributed by atoms with Crippen LogP contribution >= 0.6 is 0 Å². The molecule has 0 amide bonds. The molecule has 0 aliphatic carbocycles. The zero-order chi connectivity index (χ0) is 11.4. The monoisotopic (exact) mass is 220 g/mol. The average Bonchev–Trinajstić information content (AvgIpc) is 1.95. The van der Waals surface area contributed by atoms with Crippen molar-refractivity contribution in [2.75, 3.05) is 13.2 Å². The summed E-state index contributed by atoms with van der Waals surface area (Å²) < 4.78 is 64.0. The molecular formula is C8H13F5O. The van der Waals surface area contributed by atoms with Crippen molar-refractivity contribution in [2.45, 2.75) is 32.4 Å². The highest BCUT2D eigenvalue weighted by molar-refractivity contribution is 4.75. The molecule has 0 aromatic rings. The molecule has 0 atom stereocenters. The Kier molecular flexibility index (Phi) is 4.77. The molecule has 0 aromatic heterocycles. The van der Waals surface area contributed by atoms with Crippen LogP contribution in [0.2, 0.25) is 0 Å². The van der Waals surface area contributed by atoms with Crippen LogP contribution in [0, 0.1) is 5.92 Å². The van der Waals surface area contributed by atoms with E-state index in [-0.39, 0.29) is 12.5 Å². The van der Waals surface area contributed by atoms with Crippen molar-refractivity contribution in [1.29, 1.82) is 0 Å². The minimum Gasteiger partial charge on any atom is -0.381 e. The van der Waals surface area contributed by atoms with Crippen LogP contribution in [0.25, 0.3) is 0 Å². The Morgan fingerprint density at radius 3 is 1.93 bits per heavy atom. The molecule has 86 valence electrons. The van der Waals surface area contributed by atoms with E-state index in [9.17, 15) is 22.0 Å². The molecule has 6 heteroatoms. The van der Waals surface area contributed by atoms with Crippen LogP contribution in [-0.2, 0) is 4.74 Å². The Hall–Kier alpha value is -0.390. The maximum Gasteiger partial charge on any atom is 0.453 e. The van der Waals surface area contributed by atoms with E-state index in [4.69, 9.17) is 0 Å². The highest BCUT2D eigenvalue weighted by Gasteiger charge is 2.56. The highest BCUT2D eigenvalue weighted by Crippen LogP contribution is 2.37. The van der Waals surface area contributed by atoms with Gasteiger partial charge in [-0.3, -0.25) is 0 Å². The number of alkyl halides is 5. The Labute approximate surface area is 79.2 Å². The van der Waals surface area contributed by atoms with Gasteiger partial charge >= 0.3 is 12.1 Å². The Morgan fingerprint density at radius 2 is 1.57 bits per heavy atom. The first-order valence-corrected chi connectivity index (χ1v) is 4.19. The summed E-state index contributed by atoms with van der Waals surface area (Å²) in [4.78, 5) is 0. The lowest BCUT2D eigenvalue weighted by Crippen LogP contribution is -2.37. The zero-order valence-corrected chi connectivity index (χ0v) is 8.00. The van der Waals surface area contributed by atoms with Crippen molar-refractivity contribution >= 4 is 0 Å². The Bertz CT molecular complexity index is 164. The number of ether oxygens (including phenoxy) is 1. The summed E-state index contributed by atoms with van der Waals surface area (Å²) >= 11 is 0. The van der Waals surface area contributed by atoms with Gasteiger partial charge in [-0.15, -0.1) is 0 Å². The number of rotatable bonds is 5. The lowest BCUT2D eigenvalue weighted by Gasteiger charge is -2.19. The zero-order valence-electron chi connectivity index (χ0n) is 8.00. The van der Waals surface area contributed by atoms with E-state index in [1.165, 1.54) is 0 Å². The lowest BCUT2D eigenvalue weighted by atomic mass is 10.2. The third-order valence-corrected chi connectivity index (χ3v) is 1.43. The van der Waals surface area contributed by atoms with Crippen molar-refractivity contribution in [3.8, 4) is 0 Å². The molecule has 0 bridgehead atoms. The first-order valence-electron chi connectivity index (χ1n) is 4.19.